The number of phenols is 2. The van der Waals surface area contributed by atoms with Crippen LogP contribution < -0.4 is 0 Å². The monoisotopic (exact) mass is 291 g/mol. The first-order valence-corrected chi connectivity index (χ1v) is 6.50. The number of aliphatic carboxylic acids is 1. The number of imide groups is 1. The fourth-order valence-corrected chi connectivity index (χ4v) is 2.72. The second kappa shape index (κ2) is 4.47. The highest BCUT2D eigenvalue weighted by Crippen LogP contribution is 2.47. The van der Waals surface area contributed by atoms with Crippen LogP contribution in [0.5, 0.6) is 11.5 Å². The molecule has 1 aliphatic carbocycles. The molecule has 0 aromatic heterocycles. The molecule has 3 rings (SSSR count). The third-order valence-electron chi connectivity index (χ3n) is 3.97. The Bertz CT molecular complexity index is 635. The Labute approximate surface area is 119 Å². The van der Waals surface area contributed by atoms with E-state index in [0.717, 1.165) is 4.90 Å². The lowest BCUT2D eigenvalue weighted by Crippen LogP contribution is -2.47. The van der Waals surface area contributed by atoms with Gasteiger partial charge >= 0.3 is 5.97 Å². The van der Waals surface area contributed by atoms with Gasteiger partial charge in [0.15, 0.2) is 11.5 Å². The van der Waals surface area contributed by atoms with Crippen LogP contribution in [0.15, 0.2) is 18.2 Å². The molecule has 0 spiro atoms. The third kappa shape index (κ3) is 2.10. The first kappa shape index (κ1) is 13.4. The highest BCUT2D eigenvalue weighted by molar-refractivity contribution is 6.11. The number of carboxylic acids is 1. The summed E-state index contributed by atoms with van der Waals surface area (Å²) in [6.07, 6.45) is 0.403. The number of hydrogen-bond acceptors (Lipinski definition) is 5. The van der Waals surface area contributed by atoms with E-state index in [1.54, 1.807) is 0 Å². The maximum atomic E-state index is 12.0. The van der Waals surface area contributed by atoms with E-state index in [1.807, 2.05) is 0 Å². The SMILES string of the molecule is O=C(O)C(Cc1ccc(O)c(O)c1)N1C(=O)C2CC2C1=O. The van der Waals surface area contributed by atoms with E-state index >= 15 is 0 Å². The maximum absolute atomic E-state index is 12.0. The van der Waals surface area contributed by atoms with E-state index in [0.29, 0.717) is 12.0 Å². The Kier molecular flexibility index (Phi) is 2.86. The van der Waals surface area contributed by atoms with E-state index in [2.05, 4.69) is 0 Å². The largest absolute Gasteiger partial charge is 0.504 e. The molecular weight excluding hydrogens is 278 g/mol. The van der Waals surface area contributed by atoms with Gasteiger partial charge in [-0.3, -0.25) is 14.5 Å². The van der Waals surface area contributed by atoms with Crippen LogP contribution in [0.4, 0.5) is 0 Å². The van der Waals surface area contributed by atoms with E-state index in [9.17, 15) is 29.7 Å². The number of carbonyl (C=O) groups is 3. The highest BCUT2D eigenvalue weighted by Gasteiger charge is 2.61. The number of hydrogen-bond donors (Lipinski definition) is 3. The zero-order valence-corrected chi connectivity index (χ0v) is 10.9. The van der Waals surface area contributed by atoms with E-state index in [-0.39, 0.29) is 29.8 Å². The predicted octanol–water partition coefficient (Wildman–Crippen LogP) is 0.0984. The van der Waals surface area contributed by atoms with Crippen molar-refractivity contribution >= 4 is 17.8 Å². The van der Waals surface area contributed by atoms with Crippen molar-refractivity contribution in [1.29, 1.82) is 0 Å². The van der Waals surface area contributed by atoms with Crippen molar-refractivity contribution in [1.82, 2.24) is 4.90 Å². The summed E-state index contributed by atoms with van der Waals surface area (Å²) in [6.45, 7) is 0. The molecule has 3 atom stereocenters. The van der Waals surface area contributed by atoms with Gasteiger partial charge in [-0.15, -0.1) is 0 Å². The minimum atomic E-state index is -1.29. The second-order valence-electron chi connectivity index (χ2n) is 5.38. The molecule has 0 radical (unpaired) electrons. The van der Waals surface area contributed by atoms with Gasteiger partial charge in [0.05, 0.1) is 11.8 Å². The molecule has 2 aliphatic rings. The molecule has 1 saturated heterocycles. The van der Waals surface area contributed by atoms with Crippen molar-refractivity contribution in [2.24, 2.45) is 11.8 Å². The summed E-state index contributed by atoms with van der Waals surface area (Å²) in [6, 6.07) is 2.60. The smallest absolute Gasteiger partial charge is 0.327 e. The number of benzene rings is 1. The second-order valence-corrected chi connectivity index (χ2v) is 5.38. The van der Waals surface area contributed by atoms with Crippen LogP contribution in [-0.2, 0) is 20.8 Å². The molecule has 1 aromatic rings. The van der Waals surface area contributed by atoms with Crippen molar-refractivity contribution < 1.29 is 29.7 Å². The Morgan fingerprint density at radius 2 is 1.81 bits per heavy atom. The fourth-order valence-electron chi connectivity index (χ4n) is 2.72. The minimum Gasteiger partial charge on any atom is -0.504 e. The van der Waals surface area contributed by atoms with Crippen LogP contribution in [0, 0.1) is 11.8 Å². The average molecular weight is 291 g/mol. The molecule has 1 aliphatic heterocycles. The van der Waals surface area contributed by atoms with Crippen molar-refractivity contribution in [2.75, 3.05) is 0 Å². The molecule has 7 heteroatoms. The predicted molar refractivity (Wildman–Crippen MR) is 68.3 cm³/mol. The topological polar surface area (TPSA) is 115 Å². The third-order valence-corrected chi connectivity index (χ3v) is 3.97. The first-order valence-electron chi connectivity index (χ1n) is 6.50. The summed E-state index contributed by atoms with van der Waals surface area (Å²) < 4.78 is 0. The summed E-state index contributed by atoms with van der Waals surface area (Å²) in [5.74, 6) is -3.54. The minimum absolute atomic E-state index is 0.111. The number of nitrogens with zero attached hydrogens (tertiary/aromatic N) is 1. The molecule has 7 nitrogen and oxygen atoms in total. The van der Waals surface area contributed by atoms with Crippen molar-refractivity contribution in [3.05, 3.63) is 23.8 Å². The maximum Gasteiger partial charge on any atom is 0.327 e. The lowest BCUT2D eigenvalue weighted by atomic mass is 10.0. The molecule has 2 fully saturated rings. The zero-order valence-electron chi connectivity index (χ0n) is 10.9. The Balaban J connectivity index is 1.85. The van der Waals surface area contributed by atoms with Gasteiger partial charge in [0.25, 0.3) is 0 Å². The summed E-state index contributed by atoms with van der Waals surface area (Å²) >= 11 is 0. The Hall–Kier alpha value is -2.57. The number of phenolic OH excluding ortho intramolecular Hbond substituents is 2. The number of carbonyl (C=O) groups excluding carboxylic acids is 2. The van der Waals surface area contributed by atoms with Crippen LogP contribution in [0.3, 0.4) is 0 Å². The van der Waals surface area contributed by atoms with Crippen molar-refractivity contribution in [2.45, 2.75) is 18.9 Å². The molecule has 2 amide bonds. The summed E-state index contributed by atoms with van der Waals surface area (Å²) in [7, 11) is 0. The van der Waals surface area contributed by atoms with Gasteiger partial charge in [0, 0.05) is 6.42 Å². The zero-order chi connectivity index (χ0) is 15.3. The number of carboxylic acid groups (broad SMARTS) is 1. The molecule has 3 N–H and O–H groups in total. The van der Waals surface area contributed by atoms with Crippen LogP contribution in [0.1, 0.15) is 12.0 Å². The molecule has 1 aromatic carbocycles. The summed E-state index contributed by atoms with van der Waals surface area (Å²) in [4.78, 5) is 36.2. The number of piperidine rings is 1. The van der Waals surface area contributed by atoms with E-state index < -0.39 is 23.8 Å². The summed E-state index contributed by atoms with van der Waals surface area (Å²) in [5, 5.41) is 28.0. The Morgan fingerprint density at radius 1 is 1.19 bits per heavy atom. The summed E-state index contributed by atoms with van der Waals surface area (Å²) in [5.41, 5.74) is 0.416. The van der Waals surface area contributed by atoms with Gasteiger partial charge < -0.3 is 15.3 Å². The number of fused-ring (bicyclic) bond motifs is 1. The lowest BCUT2D eigenvalue weighted by Gasteiger charge is -2.24. The van der Waals surface area contributed by atoms with E-state index in [1.165, 1.54) is 18.2 Å². The fraction of sp³-hybridized carbons (Fsp3) is 0.357. The van der Waals surface area contributed by atoms with Crippen LogP contribution in [0.2, 0.25) is 0 Å². The molecule has 21 heavy (non-hydrogen) atoms. The molecule has 1 saturated carbocycles. The van der Waals surface area contributed by atoms with Gasteiger partial charge in [-0.25, -0.2) is 4.79 Å². The standard InChI is InChI=1S/C14H13NO6/c16-10-2-1-6(4-11(10)17)3-9(14(20)21)15-12(18)7-5-8(7)13(15)19/h1-2,4,7-9,16-17H,3,5H2,(H,20,21). The lowest BCUT2D eigenvalue weighted by molar-refractivity contribution is -0.155. The first-order chi connectivity index (χ1) is 9.90. The molecular formula is C14H13NO6. The number of amides is 2. The van der Waals surface area contributed by atoms with Crippen molar-refractivity contribution in [3.8, 4) is 11.5 Å². The molecule has 110 valence electrons. The number of likely N-dealkylation sites (tertiary alicyclic amines) is 1. The van der Waals surface area contributed by atoms with Gasteiger partial charge in [-0.2, -0.15) is 0 Å². The Morgan fingerprint density at radius 3 is 2.33 bits per heavy atom. The molecule has 1 heterocycles. The normalized spacial score (nSPS) is 24.9. The van der Waals surface area contributed by atoms with Gasteiger partial charge in [0.2, 0.25) is 11.8 Å². The highest BCUT2D eigenvalue weighted by atomic mass is 16.4. The van der Waals surface area contributed by atoms with Crippen LogP contribution >= 0.6 is 0 Å². The number of rotatable bonds is 4. The molecule has 3 unspecified atom stereocenters. The van der Waals surface area contributed by atoms with Gasteiger partial charge in [0.1, 0.15) is 6.04 Å². The number of aromatic hydroxyl groups is 2. The van der Waals surface area contributed by atoms with Crippen LogP contribution in [-0.4, -0.2) is 44.0 Å². The van der Waals surface area contributed by atoms with Crippen molar-refractivity contribution in [3.63, 3.8) is 0 Å². The van der Waals surface area contributed by atoms with E-state index in [4.69, 9.17) is 0 Å². The van der Waals surface area contributed by atoms with Crippen LogP contribution in [0.25, 0.3) is 0 Å². The molecule has 0 bridgehead atoms. The van der Waals surface area contributed by atoms with Gasteiger partial charge in [-0.1, -0.05) is 6.07 Å². The average Bonchev–Trinajstić information content (AvgIpc) is 3.17. The van der Waals surface area contributed by atoms with Gasteiger partial charge in [-0.05, 0) is 24.1 Å². The quantitative estimate of drug-likeness (QED) is 0.535.